The van der Waals surface area contributed by atoms with Crippen molar-refractivity contribution in [3.8, 4) is 0 Å². The predicted molar refractivity (Wildman–Crippen MR) is 88.0 cm³/mol. The van der Waals surface area contributed by atoms with Gasteiger partial charge in [0.05, 0.1) is 10.5 Å². The Balaban J connectivity index is 2.06. The fraction of sp³-hybridized carbons (Fsp3) is 0.286. The van der Waals surface area contributed by atoms with E-state index in [9.17, 15) is 13.5 Å². The highest BCUT2D eigenvalue weighted by atomic mass is 79.9. The van der Waals surface area contributed by atoms with Crippen LogP contribution in [-0.2, 0) is 16.4 Å². The van der Waals surface area contributed by atoms with Crippen molar-refractivity contribution in [1.82, 2.24) is 4.72 Å². The molecule has 21 heavy (non-hydrogen) atoms. The minimum atomic E-state index is -3.66. The van der Waals surface area contributed by atoms with E-state index in [1.165, 1.54) is 6.07 Å². The molecule has 1 aromatic carbocycles. The minimum absolute atomic E-state index is 0.0491. The molecule has 1 aromatic heterocycles. The molecule has 0 saturated heterocycles. The first-order valence-electron chi connectivity index (χ1n) is 6.28. The van der Waals surface area contributed by atoms with Crippen LogP contribution in [0.1, 0.15) is 12.5 Å². The summed E-state index contributed by atoms with van der Waals surface area (Å²) >= 11 is 4.77. The molecule has 2 aromatic rings. The molecule has 0 bridgehead atoms. The highest BCUT2D eigenvalue weighted by Crippen LogP contribution is 2.22. The molecule has 0 saturated carbocycles. The second-order valence-electron chi connectivity index (χ2n) is 5.06. The van der Waals surface area contributed by atoms with Gasteiger partial charge in [-0.1, -0.05) is 12.1 Å². The van der Waals surface area contributed by atoms with Gasteiger partial charge in [0.2, 0.25) is 10.0 Å². The van der Waals surface area contributed by atoms with Gasteiger partial charge in [0.25, 0.3) is 0 Å². The van der Waals surface area contributed by atoms with Crippen molar-refractivity contribution in [2.75, 3.05) is 6.54 Å². The second kappa shape index (κ2) is 6.58. The van der Waals surface area contributed by atoms with Crippen molar-refractivity contribution in [2.45, 2.75) is 23.8 Å². The third kappa shape index (κ3) is 4.62. The molecule has 1 unspecified atom stereocenters. The van der Waals surface area contributed by atoms with Crippen LogP contribution in [0.2, 0.25) is 0 Å². The van der Waals surface area contributed by atoms with Crippen molar-refractivity contribution in [3.63, 3.8) is 0 Å². The molecule has 2 rings (SSSR count). The number of rotatable bonds is 6. The van der Waals surface area contributed by atoms with Crippen LogP contribution in [0, 0.1) is 0 Å². The zero-order chi connectivity index (χ0) is 15.5. The topological polar surface area (TPSA) is 66.4 Å². The number of benzene rings is 1. The van der Waals surface area contributed by atoms with Crippen LogP contribution < -0.4 is 4.72 Å². The third-order valence-corrected chi connectivity index (χ3v) is 6.08. The number of sulfonamides is 1. The van der Waals surface area contributed by atoms with Crippen LogP contribution in [0.4, 0.5) is 0 Å². The molecule has 0 fully saturated rings. The molecule has 0 amide bonds. The lowest BCUT2D eigenvalue weighted by molar-refractivity contribution is 0.0658. The average molecular weight is 390 g/mol. The molecule has 0 spiro atoms. The molecule has 4 nitrogen and oxygen atoms in total. The standard InChI is InChI=1S/C14H16BrNO3S2/c1-14(17,8-11-6-7-20-9-11)10-16-21(18,19)13-5-3-2-4-12(13)15/h2-7,9,16-17H,8,10H2,1H3. The smallest absolute Gasteiger partial charge is 0.241 e. The fourth-order valence-electron chi connectivity index (χ4n) is 1.89. The van der Waals surface area contributed by atoms with Crippen molar-refractivity contribution in [3.05, 3.63) is 51.1 Å². The largest absolute Gasteiger partial charge is 0.388 e. The molecular weight excluding hydrogens is 374 g/mol. The normalized spacial score (nSPS) is 14.8. The van der Waals surface area contributed by atoms with Gasteiger partial charge < -0.3 is 5.11 Å². The Morgan fingerprint density at radius 1 is 1.33 bits per heavy atom. The van der Waals surface area contributed by atoms with Gasteiger partial charge in [-0.25, -0.2) is 13.1 Å². The Labute approximate surface area is 137 Å². The summed E-state index contributed by atoms with van der Waals surface area (Å²) < 4.78 is 27.5. The van der Waals surface area contributed by atoms with E-state index in [2.05, 4.69) is 20.7 Å². The zero-order valence-corrected chi connectivity index (χ0v) is 14.6. The Bertz CT molecular complexity index is 697. The molecule has 2 N–H and O–H groups in total. The summed E-state index contributed by atoms with van der Waals surface area (Å²) in [5.41, 5.74) is -0.153. The maximum absolute atomic E-state index is 12.3. The number of hydrogen-bond donors (Lipinski definition) is 2. The summed E-state index contributed by atoms with van der Waals surface area (Å²) in [5.74, 6) is 0. The maximum Gasteiger partial charge on any atom is 0.241 e. The second-order valence-corrected chi connectivity index (χ2v) is 8.43. The maximum atomic E-state index is 12.3. The lowest BCUT2D eigenvalue weighted by Crippen LogP contribution is -2.42. The number of thiophene rings is 1. The quantitative estimate of drug-likeness (QED) is 0.797. The molecule has 7 heteroatoms. The molecule has 114 valence electrons. The van der Waals surface area contributed by atoms with E-state index in [0.717, 1.165) is 5.56 Å². The Morgan fingerprint density at radius 2 is 2.05 bits per heavy atom. The third-order valence-electron chi connectivity index (χ3n) is 2.93. The summed E-state index contributed by atoms with van der Waals surface area (Å²) in [6.07, 6.45) is 0.398. The first kappa shape index (κ1) is 16.6. The van der Waals surface area contributed by atoms with Crippen molar-refractivity contribution < 1.29 is 13.5 Å². The lowest BCUT2D eigenvalue weighted by Gasteiger charge is -2.23. The van der Waals surface area contributed by atoms with E-state index in [0.29, 0.717) is 10.9 Å². The van der Waals surface area contributed by atoms with E-state index >= 15 is 0 Å². The highest BCUT2D eigenvalue weighted by molar-refractivity contribution is 9.10. The van der Waals surface area contributed by atoms with Crippen LogP contribution >= 0.6 is 27.3 Å². The monoisotopic (exact) mass is 389 g/mol. The average Bonchev–Trinajstić information content (AvgIpc) is 2.89. The van der Waals surface area contributed by atoms with E-state index in [-0.39, 0.29) is 11.4 Å². The van der Waals surface area contributed by atoms with Crippen LogP contribution in [0.5, 0.6) is 0 Å². The first-order valence-corrected chi connectivity index (χ1v) is 9.50. The van der Waals surface area contributed by atoms with Crippen molar-refractivity contribution >= 4 is 37.3 Å². The molecular formula is C14H16BrNO3S2. The van der Waals surface area contributed by atoms with Gasteiger partial charge in [0.1, 0.15) is 0 Å². The van der Waals surface area contributed by atoms with Gasteiger partial charge in [0.15, 0.2) is 0 Å². The summed E-state index contributed by atoms with van der Waals surface area (Å²) in [5, 5.41) is 14.2. The number of nitrogens with one attached hydrogen (secondary N) is 1. The van der Waals surface area contributed by atoms with E-state index in [1.807, 2.05) is 16.8 Å². The van der Waals surface area contributed by atoms with Gasteiger partial charge in [-0.15, -0.1) is 0 Å². The molecule has 0 aliphatic carbocycles. The van der Waals surface area contributed by atoms with Crippen LogP contribution in [0.3, 0.4) is 0 Å². The summed E-state index contributed by atoms with van der Waals surface area (Å²) in [6, 6.07) is 8.50. The van der Waals surface area contributed by atoms with Crippen LogP contribution in [-0.4, -0.2) is 25.7 Å². The van der Waals surface area contributed by atoms with E-state index in [4.69, 9.17) is 0 Å². The van der Waals surface area contributed by atoms with Crippen molar-refractivity contribution in [1.29, 1.82) is 0 Å². The zero-order valence-electron chi connectivity index (χ0n) is 11.4. The van der Waals surface area contributed by atoms with Gasteiger partial charge in [-0.2, -0.15) is 11.3 Å². The highest BCUT2D eigenvalue weighted by Gasteiger charge is 2.25. The van der Waals surface area contributed by atoms with Crippen LogP contribution in [0.15, 0.2) is 50.5 Å². The number of halogens is 1. The number of aliphatic hydroxyl groups is 1. The van der Waals surface area contributed by atoms with E-state index in [1.54, 1.807) is 36.5 Å². The van der Waals surface area contributed by atoms with Gasteiger partial charge >= 0.3 is 0 Å². The molecule has 0 aliphatic rings. The molecule has 1 heterocycles. The fourth-order valence-corrected chi connectivity index (χ4v) is 4.72. The van der Waals surface area contributed by atoms with Crippen molar-refractivity contribution in [2.24, 2.45) is 0 Å². The predicted octanol–water partition coefficient (Wildman–Crippen LogP) is 2.78. The number of hydrogen-bond acceptors (Lipinski definition) is 4. The Hall–Kier alpha value is -0.730. The van der Waals surface area contributed by atoms with Gasteiger partial charge in [-0.3, -0.25) is 0 Å². The molecule has 1 atom stereocenters. The van der Waals surface area contributed by atoms with E-state index < -0.39 is 15.6 Å². The summed E-state index contributed by atoms with van der Waals surface area (Å²) in [6.45, 7) is 1.57. The van der Waals surface area contributed by atoms with Crippen LogP contribution in [0.25, 0.3) is 0 Å². The molecule has 0 aliphatic heterocycles. The first-order chi connectivity index (χ1) is 9.80. The SMILES string of the molecule is CC(O)(CNS(=O)(=O)c1ccccc1Br)Cc1ccsc1. The minimum Gasteiger partial charge on any atom is -0.388 e. The summed E-state index contributed by atoms with van der Waals surface area (Å²) in [4.78, 5) is 0.163. The molecule has 0 radical (unpaired) electrons. The Kier molecular flexibility index (Phi) is 5.21. The Morgan fingerprint density at radius 3 is 2.67 bits per heavy atom. The van der Waals surface area contributed by atoms with Gasteiger partial charge in [0, 0.05) is 17.4 Å². The summed E-state index contributed by atoms with van der Waals surface area (Å²) in [7, 11) is -3.66. The van der Waals surface area contributed by atoms with Gasteiger partial charge in [-0.05, 0) is 57.4 Å². The lowest BCUT2D eigenvalue weighted by atomic mass is 9.99.